The molecular weight excluding hydrogens is 424 g/mol. The number of hydrogen-bond donors (Lipinski definition) is 2. The van der Waals surface area contributed by atoms with E-state index in [0.717, 1.165) is 4.47 Å². The Morgan fingerprint density at radius 2 is 1.82 bits per heavy atom. The second kappa shape index (κ2) is 10.1. The van der Waals surface area contributed by atoms with E-state index in [0.29, 0.717) is 11.1 Å². The van der Waals surface area contributed by atoms with Gasteiger partial charge in [-0.15, -0.1) is 0 Å². The third kappa shape index (κ3) is 5.56. The Morgan fingerprint density at radius 3 is 2.39 bits per heavy atom. The van der Waals surface area contributed by atoms with Crippen molar-refractivity contribution >= 4 is 33.9 Å². The summed E-state index contributed by atoms with van der Waals surface area (Å²) in [4.78, 5) is 24.5. The molecule has 0 fully saturated rings. The summed E-state index contributed by atoms with van der Waals surface area (Å²) in [7, 11) is 0. The number of aliphatic hydroxyl groups excluding tert-OH is 1. The summed E-state index contributed by atoms with van der Waals surface area (Å²) in [5.41, 5.74) is 0.297. The van der Waals surface area contributed by atoms with Gasteiger partial charge in [0.2, 0.25) is 0 Å². The van der Waals surface area contributed by atoms with Crippen molar-refractivity contribution in [2.45, 2.75) is 6.92 Å². The van der Waals surface area contributed by atoms with E-state index < -0.39 is 23.2 Å². The summed E-state index contributed by atoms with van der Waals surface area (Å²) >= 11 is 3.33. The number of carbonyl (C=O) groups excluding carboxylic acids is 2. The van der Waals surface area contributed by atoms with E-state index in [2.05, 4.69) is 21.2 Å². The van der Waals surface area contributed by atoms with Crippen LogP contribution < -0.4 is 5.32 Å². The number of benzene rings is 2. The van der Waals surface area contributed by atoms with Gasteiger partial charge in [0.05, 0.1) is 12.3 Å². The molecule has 0 spiro atoms. The largest absolute Gasteiger partial charge is 0.504 e. The zero-order chi connectivity index (χ0) is 20.5. The van der Waals surface area contributed by atoms with E-state index in [1.165, 1.54) is 6.08 Å². The molecule has 0 bridgehead atoms. The summed E-state index contributed by atoms with van der Waals surface area (Å²) in [6.07, 6.45) is 1.46. The lowest BCUT2D eigenvalue weighted by Gasteiger charge is -2.11. The van der Waals surface area contributed by atoms with Crippen molar-refractivity contribution in [3.63, 3.8) is 0 Å². The summed E-state index contributed by atoms with van der Waals surface area (Å²) in [5, 5.41) is 22.4. The molecule has 1 amide bonds. The predicted octanol–water partition coefficient (Wildman–Crippen LogP) is 4.12. The average Bonchev–Trinajstić information content (AvgIpc) is 2.70. The molecule has 6 nitrogen and oxygen atoms in total. The van der Waals surface area contributed by atoms with Crippen LogP contribution in [0.1, 0.15) is 22.8 Å². The van der Waals surface area contributed by atoms with Gasteiger partial charge in [-0.05, 0) is 42.8 Å². The molecule has 7 heteroatoms. The van der Waals surface area contributed by atoms with Gasteiger partial charge in [0, 0.05) is 10.0 Å². The molecule has 0 aliphatic carbocycles. The van der Waals surface area contributed by atoms with Crippen molar-refractivity contribution in [3.05, 3.63) is 87.2 Å². The van der Waals surface area contributed by atoms with Crippen LogP contribution in [0.2, 0.25) is 0 Å². The Labute approximate surface area is 170 Å². The second-order valence-electron chi connectivity index (χ2n) is 5.49. The maximum atomic E-state index is 12.5. The normalized spacial score (nSPS) is 11.8. The molecule has 2 aromatic carbocycles. The van der Waals surface area contributed by atoms with Crippen LogP contribution in [0, 0.1) is 11.3 Å². The quantitative estimate of drug-likeness (QED) is 0.231. The highest BCUT2D eigenvalue weighted by Gasteiger charge is 2.21. The van der Waals surface area contributed by atoms with Crippen molar-refractivity contribution in [1.82, 2.24) is 5.32 Å². The standard InChI is InChI=1S/C21H17BrN2O4/c1-2-28-21(27)17(13-23)19(25)18(12-14-8-10-16(22)11-9-14)24-20(26)15-6-4-3-5-7-15/h3-12,25H,2H2,1H3,(H,24,26)/b18-12-,19-17+. The topological polar surface area (TPSA) is 99.4 Å². The number of carbonyl (C=O) groups is 2. The van der Waals surface area contributed by atoms with E-state index in [1.807, 2.05) is 0 Å². The molecule has 2 N–H and O–H groups in total. The molecule has 0 heterocycles. The first-order chi connectivity index (χ1) is 13.5. The summed E-state index contributed by atoms with van der Waals surface area (Å²) in [5.74, 6) is -2.15. The second-order valence-corrected chi connectivity index (χ2v) is 6.40. The van der Waals surface area contributed by atoms with Crippen LogP contribution in [-0.4, -0.2) is 23.6 Å². The van der Waals surface area contributed by atoms with E-state index in [4.69, 9.17) is 4.74 Å². The highest BCUT2D eigenvalue weighted by Crippen LogP contribution is 2.18. The highest BCUT2D eigenvalue weighted by atomic mass is 79.9. The van der Waals surface area contributed by atoms with Gasteiger partial charge in [-0.1, -0.05) is 46.3 Å². The minimum absolute atomic E-state index is 0.0411. The first kappa shape index (κ1) is 20.9. The molecule has 28 heavy (non-hydrogen) atoms. The van der Waals surface area contributed by atoms with Crippen molar-refractivity contribution in [2.24, 2.45) is 0 Å². The number of hydrogen-bond acceptors (Lipinski definition) is 5. The fraction of sp³-hybridized carbons (Fsp3) is 0.0952. The number of nitrogens with one attached hydrogen (secondary N) is 1. The van der Waals surface area contributed by atoms with Crippen LogP contribution in [0.3, 0.4) is 0 Å². The minimum Gasteiger partial charge on any atom is -0.504 e. The average molecular weight is 441 g/mol. The molecule has 0 unspecified atom stereocenters. The number of esters is 1. The minimum atomic E-state index is -0.974. The van der Waals surface area contributed by atoms with Crippen LogP contribution in [0.5, 0.6) is 0 Å². The molecule has 0 radical (unpaired) electrons. The Hall–Kier alpha value is -3.37. The predicted molar refractivity (Wildman–Crippen MR) is 108 cm³/mol. The van der Waals surface area contributed by atoms with Crippen LogP contribution in [0.4, 0.5) is 0 Å². The Bertz CT molecular complexity index is 958. The third-order valence-corrected chi connectivity index (χ3v) is 4.08. The zero-order valence-corrected chi connectivity index (χ0v) is 16.6. The maximum absolute atomic E-state index is 12.5. The number of halogens is 1. The van der Waals surface area contributed by atoms with E-state index in [1.54, 1.807) is 67.6 Å². The van der Waals surface area contributed by atoms with Crippen LogP contribution in [0.25, 0.3) is 6.08 Å². The van der Waals surface area contributed by atoms with Crippen molar-refractivity contribution in [2.75, 3.05) is 6.61 Å². The third-order valence-electron chi connectivity index (χ3n) is 3.55. The smallest absolute Gasteiger partial charge is 0.352 e. The van der Waals surface area contributed by atoms with Crippen LogP contribution >= 0.6 is 15.9 Å². The van der Waals surface area contributed by atoms with Crippen molar-refractivity contribution < 1.29 is 19.4 Å². The lowest BCUT2D eigenvalue weighted by atomic mass is 10.1. The van der Waals surface area contributed by atoms with Gasteiger partial charge < -0.3 is 15.2 Å². The number of nitriles is 1. The highest BCUT2D eigenvalue weighted by molar-refractivity contribution is 9.10. The van der Waals surface area contributed by atoms with Crippen LogP contribution in [-0.2, 0) is 9.53 Å². The van der Waals surface area contributed by atoms with Gasteiger partial charge in [0.1, 0.15) is 6.07 Å². The van der Waals surface area contributed by atoms with Crippen molar-refractivity contribution in [1.29, 1.82) is 5.26 Å². The van der Waals surface area contributed by atoms with Crippen LogP contribution in [0.15, 0.2) is 76.1 Å². The molecule has 0 atom stereocenters. The maximum Gasteiger partial charge on any atom is 0.352 e. The number of ether oxygens (including phenoxy) is 1. The SMILES string of the molecule is CCOC(=O)/C(C#N)=C(O)\C(=C\c1ccc(Br)cc1)NC(=O)c1ccccc1. The number of nitrogens with zero attached hydrogens (tertiary/aromatic N) is 1. The molecule has 0 saturated heterocycles. The fourth-order valence-corrected chi connectivity index (χ4v) is 2.47. The molecule has 2 rings (SSSR count). The van der Waals surface area contributed by atoms with E-state index in [-0.39, 0.29) is 12.3 Å². The lowest BCUT2D eigenvalue weighted by molar-refractivity contribution is -0.138. The fourth-order valence-electron chi connectivity index (χ4n) is 2.21. The Morgan fingerprint density at radius 1 is 1.18 bits per heavy atom. The monoisotopic (exact) mass is 440 g/mol. The molecule has 142 valence electrons. The number of aliphatic hydroxyl groups is 1. The van der Waals surface area contributed by atoms with Gasteiger partial charge in [0.25, 0.3) is 5.91 Å². The van der Waals surface area contributed by atoms with Gasteiger partial charge in [-0.25, -0.2) is 4.79 Å². The molecule has 0 saturated carbocycles. The molecule has 2 aromatic rings. The van der Waals surface area contributed by atoms with E-state index in [9.17, 15) is 20.0 Å². The molecule has 0 aliphatic heterocycles. The number of amides is 1. The van der Waals surface area contributed by atoms with E-state index >= 15 is 0 Å². The first-order valence-corrected chi connectivity index (χ1v) is 9.10. The summed E-state index contributed by atoms with van der Waals surface area (Å²) in [6.45, 7) is 1.62. The van der Waals surface area contributed by atoms with Gasteiger partial charge in [-0.3, -0.25) is 4.79 Å². The first-order valence-electron chi connectivity index (χ1n) is 8.30. The molecule has 0 aromatic heterocycles. The molecule has 0 aliphatic rings. The van der Waals surface area contributed by atoms with Gasteiger partial charge in [0.15, 0.2) is 11.3 Å². The zero-order valence-electron chi connectivity index (χ0n) is 15.0. The van der Waals surface area contributed by atoms with Crippen molar-refractivity contribution in [3.8, 4) is 6.07 Å². The summed E-state index contributed by atoms with van der Waals surface area (Å²) < 4.78 is 5.65. The molecular formula is C21H17BrN2O4. The van der Waals surface area contributed by atoms with Gasteiger partial charge in [-0.2, -0.15) is 5.26 Å². The van der Waals surface area contributed by atoms with Gasteiger partial charge >= 0.3 is 5.97 Å². The summed E-state index contributed by atoms with van der Waals surface area (Å²) in [6, 6.07) is 17.0. The lowest BCUT2D eigenvalue weighted by Crippen LogP contribution is -2.25. The Balaban J connectivity index is 2.49. The Kier molecular flexibility index (Phi) is 7.55. The number of rotatable bonds is 6.